The van der Waals surface area contributed by atoms with Crippen molar-refractivity contribution in [3.8, 4) is 0 Å². The maximum absolute atomic E-state index is 12.1. The molecule has 2 rings (SSSR count). The number of hydrogen-bond donors (Lipinski definition) is 0. The summed E-state index contributed by atoms with van der Waals surface area (Å²) in [5, 5.41) is 0. The van der Waals surface area contributed by atoms with E-state index in [1.807, 2.05) is 4.90 Å². The predicted octanol–water partition coefficient (Wildman–Crippen LogP) is 2.35. The van der Waals surface area contributed by atoms with Crippen LogP contribution in [-0.4, -0.2) is 47.8 Å². The Hall–Kier alpha value is -1.32. The standard InChI is InChI=1S/C16H26N2O2/c1-14(19)18(12-9-15-7-3-2-4-8-15)13-16(20)17-10-5-6-11-17/h7H,2-6,8-13H2,1H3. The van der Waals surface area contributed by atoms with E-state index in [0.717, 1.165) is 38.8 Å². The van der Waals surface area contributed by atoms with Gasteiger partial charge in [-0.1, -0.05) is 11.6 Å². The van der Waals surface area contributed by atoms with Crippen molar-refractivity contribution in [2.45, 2.75) is 51.9 Å². The fraction of sp³-hybridized carbons (Fsp3) is 0.750. The van der Waals surface area contributed by atoms with Gasteiger partial charge in [-0.05, 0) is 44.9 Å². The number of hydrogen-bond acceptors (Lipinski definition) is 2. The molecule has 20 heavy (non-hydrogen) atoms. The van der Waals surface area contributed by atoms with Crippen LogP contribution in [0.25, 0.3) is 0 Å². The molecule has 1 aliphatic carbocycles. The molecule has 0 saturated carbocycles. The Morgan fingerprint density at radius 2 is 1.95 bits per heavy atom. The summed E-state index contributed by atoms with van der Waals surface area (Å²) in [6, 6.07) is 0. The van der Waals surface area contributed by atoms with Gasteiger partial charge in [-0.15, -0.1) is 0 Å². The summed E-state index contributed by atoms with van der Waals surface area (Å²) in [4.78, 5) is 27.4. The Morgan fingerprint density at radius 1 is 1.20 bits per heavy atom. The monoisotopic (exact) mass is 278 g/mol. The zero-order valence-electron chi connectivity index (χ0n) is 12.6. The third-order valence-electron chi connectivity index (χ3n) is 4.32. The maximum atomic E-state index is 12.1. The maximum Gasteiger partial charge on any atom is 0.242 e. The molecular weight excluding hydrogens is 252 g/mol. The van der Waals surface area contributed by atoms with Gasteiger partial charge in [0.1, 0.15) is 0 Å². The summed E-state index contributed by atoms with van der Waals surface area (Å²) in [6.45, 7) is 4.21. The van der Waals surface area contributed by atoms with E-state index < -0.39 is 0 Å². The lowest BCUT2D eigenvalue weighted by atomic mass is 9.97. The minimum Gasteiger partial charge on any atom is -0.341 e. The van der Waals surface area contributed by atoms with Crippen LogP contribution in [0.2, 0.25) is 0 Å². The van der Waals surface area contributed by atoms with Gasteiger partial charge in [0, 0.05) is 26.6 Å². The lowest BCUT2D eigenvalue weighted by Gasteiger charge is -2.25. The highest BCUT2D eigenvalue weighted by Crippen LogP contribution is 2.20. The highest BCUT2D eigenvalue weighted by molar-refractivity contribution is 5.84. The third kappa shape index (κ3) is 4.36. The van der Waals surface area contributed by atoms with Gasteiger partial charge in [0.25, 0.3) is 0 Å². The first kappa shape index (κ1) is 15.1. The summed E-state index contributed by atoms with van der Waals surface area (Å²) >= 11 is 0. The number of amides is 2. The second kappa shape index (κ2) is 7.46. The van der Waals surface area contributed by atoms with Crippen molar-refractivity contribution >= 4 is 11.8 Å². The van der Waals surface area contributed by atoms with Crippen molar-refractivity contribution in [1.82, 2.24) is 9.80 Å². The Kier molecular flexibility index (Phi) is 5.62. The van der Waals surface area contributed by atoms with E-state index in [4.69, 9.17) is 0 Å². The van der Waals surface area contributed by atoms with Crippen molar-refractivity contribution < 1.29 is 9.59 Å². The highest BCUT2D eigenvalue weighted by atomic mass is 16.2. The summed E-state index contributed by atoms with van der Waals surface area (Å²) < 4.78 is 0. The first-order valence-corrected chi connectivity index (χ1v) is 7.88. The summed E-state index contributed by atoms with van der Waals surface area (Å²) in [5.74, 6) is 0.115. The van der Waals surface area contributed by atoms with Crippen LogP contribution >= 0.6 is 0 Å². The molecule has 1 heterocycles. The van der Waals surface area contributed by atoms with E-state index in [1.165, 1.54) is 24.8 Å². The number of carbonyl (C=O) groups excluding carboxylic acids is 2. The molecule has 4 heteroatoms. The number of carbonyl (C=O) groups is 2. The van der Waals surface area contributed by atoms with Crippen molar-refractivity contribution in [3.63, 3.8) is 0 Å². The van der Waals surface area contributed by atoms with Crippen LogP contribution in [0.4, 0.5) is 0 Å². The molecule has 1 fully saturated rings. The Labute approximate surface area is 121 Å². The first-order chi connectivity index (χ1) is 9.66. The summed E-state index contributed by atoms with van der Waals surface area (Å²) in [7, 11) is 0. The molecule has 0 N–H and O–H groups in total. The normalized spacial score (nSPS) is 18.9. The minimum atomic E-state index is 0.00829. The number of likely N-dealkylation sites (tertiary alicyclic amines) is 1. The van der Waals surface area contributed by atoms with Crippen LogP contribution in [0.1, 0.15) is 51.9 Å². The molecule has 0 unspecified atom stereocenters. The van der Waals surface area contributed by atoms with Gasteiger partial charge in [0.05, 0.1) is 6.54 Å². The molecule has 2 amide bonds. The number of allylic oxidation sites excluding steroid dienone is 1. The Balaban J connectivity index is 1.81. The van der Waals surface area contributed by atoms with Crippen LogP contribution in [-0.2, 0) is 9.59 Å². The largest absolute Gasteiger partial charge is 0.341 e. The molecule has 0 aromatic rings. The van der Waals surface area contributed by atoms with Crippen molar-refractivity contribution in [2.75, 3.05) is 26.2 Å². The van der Waals surface area contributed by atoms with E-state index in [1.54, 1.807) is 11.8 Å². The van der Waals surface area contributed by atoms with Gasteiger partial charge in [0.2, 0.25) is 11.8 Å². The Morgan fingerprint density at radius 3 is 2.55 bits per heavy atom. The average molecular weight is 278 g/mol. The SMILES string of the molecule is CC(=O)N(CCC1=CCCCC1)CC(=O)N1CCCC1. The van der Waals surface area contributed by atoms with Crippen molar-refractivity contribution in [2.24, 2.45) is 0 Å². The first-order valence-electron chi connectivity index (χ1n) is 7.88. The van der Waals surface area contributed by atoms with Crippen LogP contribution in [0, 0.1) is 0 Å². The zero-order valence-corrected chi connectivity index (χ0v) is 12.6. The molecule has 1 saturated heterocycles. The van der Waals surface area contributed by atoms with Gasteiger partial charge in [0.15, 0.2) is 0 Å². The molecule has 0 bridgehead atoms. The van der Waals surface area contributed by atoms with Gasteiger partial charge in [-0.25, -0.2) is 0 Å². The third-order valence-corrected chi connectivity index (χ3v) is 4.32. The van der Waals surface area contributed by atoms with E-state index in [2.05, 4.69) is 6.08 Å². The van der Waals surface area contributed by atoms with Crippen LogP contribution in [0.3, 0.4) is 0 Å². The van der Waals surface area contributed by atoms with Gasteiger partial charge < -0.3 is 9.80 Å². The average Bonchev–Trinajstić information content (AvgIpc) is 2.98. The smallest absolute Gasteiger partial charge is 0.242 e. The van der Waals surface area contributed by atoms with E-state index in [0.29, 0.717) is 6.54 Å². The fourth-order valence-electron chi connectivity index (χ4n) is 2.99. The van der Waals surface area contributed by atoms with E-state index in [-0.39, 0.29) is 18.4 Å². The van der Waals surface area contributed by atoms with E-state index in [9.17, 15) is 9.59 Å². The fourth-order valence-corrected chi connectivity index (χ4v) is 2.99. The zero-order chi connectivity index (χ0) is 14.4. The van der Waals surface area contributed by atoms with E-state index >= 15 is 0 Å². The number of nitrogens with zero attached hydrogens (tertiary/aromatic N) is 2. The van der Waals surface area contributed by atoms with Gasteiger partial charge >= 0.3 is 0 Å². The lowest BCUT2D eigenvalue weighted by molar-refractivity contribution is -0.138. The summed E-state index contributed by atoms with van der Waals surface area (Å²) in [6.07, 6.45) is 10.3. The van der Waals surface area contributed by atoms with Crippen LogP contribution in [0.15, 0.2) is 11.6 Å². The molecule has 0 radical (unpaired) electrons. The predicted molar refractivity (Wildman–Crippen MR) is 79.2 cm³/mol. The summed E-state index contributed by atoms with van der Waals surface area (Å²) in [5.41, 5.74) is 1.45. The van der Waals surface area contributed by atoms with Crippen LogP contribution in [0.5, 0.6) is 0 Å². The molecule has 0 spiro atoms. The highest BCUT2D eigenvalue weighted by Gasteiger charge is 2.21. The molecule has 4 nitrogen and oxygen atoms in total. The van der Waals surface area contributed by atoms with Gasteiger partial charge in [-0.2, -0.15) is 0 Å². The number of rotatable bonds is 5. The topological polar surface area (TPSA) is 40.6 Å². The lowest BCUT2D eigenvalue weighted by Crippen LogP contribution is -2.41. The second-order valence-electron chi connectivity index (χ2n) is 5.89. The van der Waals surface area contributed by atoms with Crippen molar-refractivity contribution in [3.05, 3.63) is 11.6 Å². The molecular formula is C16H26N2O2. The van der Waals surface area contributed by atoms with Crippen molar-refractivity contribution in [1.29, 1.82) is 0 Å². The van der Waals surface area contributed by atoms with Gasteiger partial charge in [-0.3, -0.25) is 9.59 Å². The quantitative estimate of drug-likeness (QED) is 0.724. The Bertz CT molecular complexity index is 384. The molecule has 112 valence electrons. The van der Waals surface area contributed by atoms with Crippen LogP contribution < -0.4 is 0 Å². The molecule has 0 aromatic heterocycles. The molecule has 2 aliphatic rings. The molecule has 0 atom stereocenters. The molecule has 1 aliphatic heterocycles. The second-order valence-corrected chi connectivity index (χ2v) is 5.89. The molecule has 0 aromatic carbocycles. The minimum absolute atomic E-state index is 0.00829.